The topological polar surface area (TPSA) is 37.4 Å². The highest BCUT2D eigenvalue weighted by Gasteiger charge is 2.13. The molecule has 0 aromatic rings. The van der Waals surface area contributed by atoms with Crippen molar-refractivity contribution in [1.29, 1.82) is 0 Å². The number of carbonyl (C=O) groups is 2. The van der Waals surface area contributed by atoms with E-state index in [0.717, 1.165) is 0 Å². The van der Waals surface area contributed by atoms with Crippen LogP contribution in [-0.4, -0.2) is 37.2 Å². The largest absolute Gasteiger partial charge is 0.383 e. The molecule has 0 unspecified atom stereocenters. The second kappa shape index (κ2) is 4.64. The summed E-state index contributed by atoms with van der Waals surface area (Å²) in [7, 11) is 3.32. The Bertz CT molecular complexity index is 221. The minimum absolute atomic E-state index is 0.0949. The molecule has 0 aromatic carbocycles. The Labute approximate surface area is 70.9 Å². The molecule has 0 rings (SSSR count). The zero-order valence-electron chi connectivity index (χ0n) is 7.43. The summed E-state index contributed by atoms with van der Waals surface area (Å²) >= 11 is 0. The summed E-state index contributed by atoms with van der Waals surface area (Å²) in [6.07, 6.45) is 1.32. The first-order valence-corrected chi connectivity index (χ1v) is 3.47. The zero-order chi connectivity index (χ0) is 9.72. The molecule has 68 valence electrons. The third-order valence-electron chi connectivity index (χ3n) is 1.19. The van der Waals surface area contributed by atoms with Crippen molar-refractivity contribution in [3.63, 3.8) is 0 Å². The van der Waals surface area contributed by atoms with Crippen LogP contribution in [0.5, 0.6) is 0 Å². The second-order valence-corrected chi connectivity index (χ2v) is 2.62. The number of allylic oxidation sites excluding steroid dienone is 1. The molecule has 0 aliphatic carbocycles. The number of ketones is 2. The highest BCUT2D eigenvalue weighted by Crippen LogP contribution is 2.00. The average Bonchev–Trinajstić information content (AvgIpc) is 1.98. The molecule has 0 aromatic heterocycles. The number of Topliss-reactive ketones (excluding diaryl/α,β-unsaturated/α-hetero) is 2. The van der Waals surface area contributed by atoms with Crippen molar-refractivity contribution >= 4 is 11.6 Å². The highest BCUT2D eigenvalue weighted by molar-refractivity contribution is 6.19. The number of nitrogens with zero attached hydrogens (tertiary/aromatic N) is 1. The molecule has 0 heterocycles. The molecular weight excluding hydrogens is 161 g/mol. The second-order valence-electron chi connectivity index (χ2n) is 2.62. The lowest BCUT2D eigenvalue weighted by atomic mass is 10.1. The van der Waals surface area contributed by atoms with Gasteiger partial charge in [-0.3, -0.25) is 9.59 Å². The Balaban J connectivity index is 4.67. The Morgan fingerprint density at radius 1 is 1.42 bits per heavy atom. The Kier molecular flexibility index (Phi) is 4.18. The average molecular weight is 173 g/mol. The molecule has 3 nitrogen and oxygen atoms in total. The number of rotatable bonds is 4. The number of carbonyl (C=O) groups excluding carboxylic acids is 2. The molecule has 12 heavy (non-hydrogen) atoms. The Hall–Kier alpha value is -1.19. The van der Waals surface area contributed by atoms with Gasteiger partial charge < -0.3 is 4.90 Å². The van der Waals surface area contributed by atoms with Crippen LogP contribution in [-0.2, 0) is 9.59 Å². The zero-order valence-corrected chi connectivity index (χ0v) is 7.43. The van der Waals surface area contributed by atoms with E-state index in [9.17, 15) is 14.0 Å². The lowest BCUT2D eigenvalue weighted by Gasteiger charge is -2.06. The van der Waals surface area contributed by atoms with E-state index in [1.54, 1.807) is 14.1 Å². The van der Waals surface area contributed by atoms with Crippen molar-refractivity contribution in [3.8, 4) is 0 Å². The van der Waals surface area contributed by atoms with Gasteiger partial charge >= 0.3 is 0 Å². The minimum Gasteiger partial charge on any atom is -0.383 e. The van der Waals surface area contributed by atoms with E-state index in [0.29, 0.717) is 0 Å². The Morgan fingerprint density at radius 2 is 1.92 bits per heavy atom. The van der Waals surface area contributed by atoms with Crippen LogP contribution in [0.4, 0.5) is 4.39 Å². The lowest BCUT2D eigenvalue weighted by molar-refractivity contribution is -0.121. The molecule has 0 saturated carbocycles. The van der Waals surface area contributed by atoms with Gasteiger partial charge in [-0.15, -0.1) is 0 Å². The summed E-state index contributed by atoms with van der Waals surface area (Å²) in [4.78, 5) is 23.1. The summed E-state index contributed by atoms with van der Waals surface area (Å²) in [6, 6.07) is 0. The van der Waals surface area contributed by atoms with Crippen molar-refractivity contribution in [2.45, 2.75) is 6.92 Å². The van der Waals surface area contributed by atoms with Crippen molar-refractivity contribution < 1.29 is 14.0 Å². The van der Waals surface area contributed by atoms with Crippen LogP contribution in [0.15, 0.2) is 11.8 Å². The smallest absolute Gasteiger partial charge is 0.198 e. The van der Waals surface area contributed by atoms with Gasteiger partial charge in [-0.05, 0) is 6.92 Å². The van der Waals surface area contributed by atoms with Crippen molar-refractivity contribution in [2.24, 2.45) is 0 Å². The van der Waals surface area contributed by atoms with Crippen LogP contribution in [0.2, 0.25) is 0 Å². The molecule has 0 saturated heterocycles. The fraction of sp³-hybridized carbons (Fsp3) is 0.500. The quantitative estimate of drug-likeness (QED) is 0.354. The first-order valence-electron chi connectivity index (χ1n) is 3.47. The van der Waals surface area contributed by atoms with Crippen LogP contribution < -0.4 is 0 Å². The summed E-state index contributed by atoms with van der Waals surface area (Å²) in [5, 5.41) is 0. The molecular formula is C8H12FNO2. The summed E-state index contributed by atoms with van der Waals surface area (Å²) in [5.41, 5.74) is -0.0949. The first kappa shape index (κ1) is 10.8. The van der Waals surface area contributed by atoms with Crippen molar-refractivity contribution in [1.82, 2.24) is 4.90 Å². The van der Waals surface area contributed by atoms with Crippen LogP contribution in [0.3, 0.4) is 0 Å². The summed E-state index contributed by atoms with van der Waals surface area (Å²) in [5.74, 6) is -1.18. The van der Waals surface area contributed by atoms with Crippen molar-refractivity contribution in [2.75, 3.05) is 20.8 Å². The van der Waals surface area contributed by atoms with Gasteiger partial charge in [0.15, 0.2) is 18.2 Å². The number of hydrogen-bond acceptors (Lipinski definition) is 3. The van der Waals surface area contributed by atoms with Gasteiger partial charge in [0.1, 0.15) is 0 Å². The monoisotopic (exact) mass is 173 g/mol. The van der Waals surface area contributed by atoms with E-state index in [4.69, 9.17) is 0 Å². The summed E-state index contributed by atoms with van der Waals surface area (Å²) in [6.45, 7) is 0.113. The molecule has 0 aliphatic heterocycles. The van der Waals surface area contributed by atoms with E-state index in [1.165, 1.54) is 18.0 Å². The fourth-order valence-electron chi connectivity index (χ4n) is 0.689. The number of alkyl halides is 1. The van der Waals surface area contributed by atoms with E-state index in [2.05, 4.69) is 0 Å². The SMILES string of the molecule is CC(=O)C(=CN(C)C)C(=O)CF. The Morgan fingerprint density at radius 3 is 2.17 bits per heavy atom. The van der Waals surface area contributed by atoms with Crippen LogP contribution >= 0.6 is 0 Å². The van der Waals surface area contributed by atoms with Gasteiger partial charge in [-0.1, -0.05) is 0 Å². The molecule has 0 bridgehead atoms. The predicted molar refractivity (Wildman–Crippen MR) is 43.4 cm³/mol. The van der Waals surface area contributed by atoms with Crippen LogP contribution in [0, 0.1) is 0 Å². The maximum Gasteiger partial charge on any atom is 0.198 e. The number of hydrogen-bond donors (Lipinski definition) is 0. The van der Waals surface area contributed by atoms with E-state index < -0.39 is 18.2 Å². The lowest BCUT2D eigenvalue weighted by Crippen LogP contribution is -2.15. The maximum atomic E-state index is 11.9. The minimum atomic E-state index is -1.13. The molecule has 0 radical (unpaired) electrons. The predicted octanol–water partition coefficient (Wildman–Crippen LogP) is 0.559. The molecule has 0 N–H and O–H groups in total. The van der Waals surface area contributed by atoms with Crippen LogP contribution in [0.25, 0.3) is 0 Å². The van der Waals surface area contributed by atoms with E-state index >= 15 is 0 Å². The molecule has 0 atom stereocenters. The van der Waals surface area contributed by atoms with Gasteiger partial charge in [0, 0.05) is 20.3 Å². The third-order valence-corrected chi connectivity index (χ3v) is 1.19. The van der Waals surface area contributed by atoms with Crippen molar-refractivity contribution in [3.05, 3.63) is 11.8 Å². The summed E-state index contributed by atoms with van der Waals surface area (Å²) < 4.78 is 11.9. The molecule has 0 fully saturated rings. The van der Waals surface area contributed by atoms with Gasteiger partial charge in [-0.2, -0.15) is 0 Å². The molecule has 0 amide bonds. The standard InChI is InChI=1S/C8H12FNO2/c1-6(11)7(5-10(2)3)8(12)4-9/h5H,4H2,1-3H3. The first-order chi connectivity index (χ1) is 5.49. The maximum absolute atomic E-state index is 11.9. The number of halogens is 1. The molecule has 0 aliphatic rings. The van der Waals surface area contributed by atoms with Gasteiger partial charge in [-0.25, -0.2) is 4.39 Å². The highest BCUT2D eigenvalue weighted by atomic mass is 19.1. The van der Waals surface area contributed by atoms with Gasteiger partial charge in [0.25, 0.3) is 0 Å². The van der Waals surface area contributed by atoms with E-state index in [1.807, 2.05) is 0 Å². The van der Waals surface area contributed by atoms with Gasteiger partial charge in [0.05, 0.1) is 5.57 Å². The van der Waals surface area contributed by atoms with E-state index in [-0.39, 0.29) is 5.57 Å². The van der Waals surface area contributed by atoms with Gasteiger partial charge in [0.2, 0.25) is 0 Å². The molecule has 4 heteroatoms. The molecule has 0 spiro atoms. The van der Waals surface area contributed by atoms with Crippen LogP contribution in [0.1, 0.15) is 6.92 Å². The third kappa shape index (κ3) is 3.27. The fourth-order valence-corrected chi connectivity index (χ4v) is 0.689. The normalized spacial score (nSPS) is 11.2.